The van der Waals surface area contributed by atoms with Crippen molar-refractivity contribution in [1.29, 1.82) is 0 Å². The maximum atomic E-state index is 14.8. The van der Waals surface area contributed by atoms with E-state index in [4.69, 9.17) is 85.3 Å². The van der Waals surface area contributed by atoms with Crippen molar-refractivity contribution in [1.82, 2.24) is 46.5 Å². The van der Waals surface area contributed by atoms with Crippen LogP contribution in [-0.4, -0.2) is 429 Å². The minimum Gasteiger partial charge on any atom is -0.379 e. The zero-order valence-electron chi connectivity index (χ0n) is 78.1. The number of nitrogens with one attached hydrogen (secondary N) is 5. The number of amides is 6. The van der Waals surface area contributed by atoms with Gasteiger partial charge in [0.25, 0.3) is 0 Å². The number of carbonyl (C=O) groups is 7. The van der Waals surface area contributed by atoms with Gasteiger partial charge in [-0.15, -0.1) is 5.10 Å². The van der Waals surface area contributed by atoms with Crippen molar-refractivity contribution in [3.8, 4) is 0 Å². The molecule has 1 aromatic heterocycles. The molecular weight excluding hydrogens is 1990 g/mol. The van der Waals surface area contributed by atoms with Gasteiger partial charge in [-0.1, -0.05) is 18.6 Å². The van der Waals surface area contributed by atoms with E-state index in [9.17, 15) is 121 Å². The lowest BCUT2D eigenvalue weighted by Crippen LogP contribution is -2.53. The SMILES string of the molecule is CCC(F)(F)OC(COC(C(=O)CCCNC(=O)CCOCCOCCOCCOCCOCCOCCN(CCOCCOCCOCCOCCOCCOCCC(=O)NCCCC(=O)C(F)(OCC(OC(F)(F)CC(F)(F)F)C(F)(F)F)C(F)(F)F)C(=O)CCOCCOCCOCCOCCOCCOCCn1cc(CNC(=O)CCCC[C@@H]2SC[C@@H]3NC(=O)N[C@@H]32)nn1)C(F)(F)F)C(F)(F)F. The summed E-state index contributed by atoms with van der Waals surface area (Å²) < 4.78 is 381. The van der Waals surface area contributed by atoms with Crippen LogP contribution in [0.2, 0.25) is 0 Å². The molecule has 3 rings (SSSR count). The molecule has 2 aliphatic heterocycles. The summed E-state index contributed by atoms with van der Waals surface area (Å²) in [6.45, 7) is 3.90. The highest BCUT2D eigenvalue weighted by molar-refractivity contribution is 8.00. The molecule has 141 heavy (non-hydrogen) atoms. The summed E-state index contributed by atoms with van der Waals surface area (Å²) in [6.07, 6.45) is -53.9. The number of nitrogens with zero attached hydrogens (tertiary/aromatic N) is 4. The monoisotopic (exact) mass is 2120 g/mol. The fourth-order valence-corrected chi connectivity index (χ4v) is 13.4. The predicted molar refractivity (Wildman–Crippen MR) is 450 cm³/mol. The summed E-state index contributed by atoms with van der Waals surface area (Å²) in [7, 11) is 0. The number of hydrogen-bond donors (Lipinski definition) is 5. The van der Waals surface area contributed by atoms with Crippen LogP contribution in [0, 0.1) is 0 Å². The quantitative estimate of drug-likeness (QED) is 0.0239. The van der Waals surface area contributed by atoms with Gasteiger partial charge in [-0.25, -0.2) is 9.48 Å². The number of unbranched alkanes of at least 4 members (excludes halogenated alkanes) is 1. The van der Waals surface area contributed by atoms with E-state index in [1.165, 1.54) is 0 Å². The normalized spacial score (nSPS) is 16.1. The first-order chi connectivity index (χ1) is 66.9. The van der Waals surface area contributed by atoms with Crippen LogP contribution in [-0.2, 0) is 146 Å². The third kappa shape index (κ3) is 64.4. The standard InChI is InChI=1S/C82H131F20N9O29S/c1-2-76(86,87)139-66(79(91,92)93)57-137-73(81(97,98)99)63(112)7-5-14-103-69(115)11-19-119-25-31-125-37-43-131-49-52-134-46-40-128-34-28-122-22-16-110(71(117)13-21-121-27-33-127-39-45-133-51-54-136-48-42-130-36-30-124-24-18-111-56-61(108-109-111)55-105-68(114)10-4-3-8-64-72-62(59-141-64)106-74(118)107-72)17-23-123-29-35-129-41-47-135-53-50-132-44-38-126-32-26-120-20-12-70(116)104-15-6-9-65(113)78(90,82(100,101)102)138-58-67(80(94,95)96)140-77(88,89)60-75(83,84)85/h56,62,64,66-67,72-73H,2-55,57-60H2,1H3,(H,103,115)(H,104,116)(H,105,114)(H2,106,107,118)/t62-,64-,66?,67?,72-,73?,78?/m0/s1. The number of fused-ring (bicyclic) bond motifs is 1. The lowest BCUT2D eigenvalue weighted by Gasteiger charge is -2.31. The minimum atomic E-state index is -6.39. The number of aromatic nitrogens is 3. The maximum absolute atomic E-state index is 14.8. The number of urea groups is 1. The summed E-state index contributed by atoms with van der Waals surface area (Å²) in [5.41, 5.74) is 0.637. The first kappa shape index (κ1) is 129. The van der Waals surface area contributed by atoms with Gasteiger partial charge in [-0.2, -0.15) is 99.6 Å². The van der Waals surface area contributed by atoms with Gasteiger partial charge < -0.3 is 136 Å². The van der Waals surface area contributed by atoms with E-state index in [-0.39, 0.29) is 260 Å². The Labute approximate surface area is 805 Å². The Morgan fingerprint density at radius 2 is 0.823 bits per heavy atom. The predicted octanol–water partition coefficient (Wildman–Crippen LogP) is 7.48. The van der Waals surface area contributed by atoms with Crippen LogP contribution in [0.3, 0.4) is 0 Å². The highest BCUT2D eigenvalue weighted by Crippen LogP contribution is 2.42. The highest BCUT2D eigenvalue weighted by Gasteiger charge is 2.64. The van der Waals surface area contributed by atoms with Gasteiger partial charge in [0.1, 0.15) is 12.1 Å². The van der Waals surface area contributed by atoms with Gasteiger partial charge in [0.2, 0.25) is 35.5 Å². The van der Waals surface area contributed by atoms with E-state index in [0.717, 1.165) is 31.9 Å². The smallest absolute Gasteiger partial charge is 0.379 e. The fourth-order valence-electron chi connectivity index (χ4n) is 11.9. The second-order valence-corrected chi connectivity index (χ2v) is 31.7. The van der Waals surface area contributed by atoms with Crippen LogP contribution in [0.4, 0.5) is 92.6 Å². The van der Waals surface area contributed by atoms with Gasteiger partial charge in [-0.3, -0.25) is 28.8 Å². The van der Waals surface area contributed by atoms with E-state index in [1.54, 1.807) is 15.8 Å². The van der Waals surface area contributed by atoms with Crippen molar-refractivity contribution < 1.29 is 226 Å². The molecule has 7 atom stereocenters. The van der Waals surface area contributed by atoms with Crippen LogP contribution in [0.1, 0.15) is 96.1 Å². The van der Waals surface area contributed by atoms with Crippen LogP contribution in [0.15, 0.2) is 6.20 Å². The first-order valence-electron chi connectivity index (χ1n) is 45.4. The van der Waals surface area contributed by atoms with E-state index >= 15 is 0 Å². The molecule has 0 aliphatic carbocycles. The highest BCUT2D eigenvalue weighted by atomic mass is 32.2. The number of halogens is 20. The molecule has 4 unspecified atom stereocenters. The summed E-state index contributed by atoms with van der Waals surface area (Å²) in [4.78, 5) is 87.5. The lowest BCUT2D eigenvalue weighted by molar-refractivity contribution is -0.371. The second-order valence-electron chi connectivity index (χ2n) is 30.4. The number of ketones is 2. The molecule has 38 nitrogen and oxygen atoms in total. The molecule has 0 saturated carbocycles. The molecule has 0 spiro atoms. The molecule has 2 saturated heterocycles. The molecule has 5 N–H and O–H groups in total. The molecule has 0 aromatic carbocycles. The topological polar surface area (TPSA) is 417 Å². The average molecular weight is 2120 g/mol. The third-order valence-corrected chi connectivity index (χ3v) is 20.6. The number of carbonyl (C=O) groups excluding carboxylic acids is 7. The van der Waals surface area contributed by atoms with E-state index in [0.29, 0.717) is 83.4 Å². The number of rotatable bonds is 92. The molecule has 2 fully saturated rings. The molecular formula is C82H131F20N9O29S. The molecule has 0 bridgehead atoms. The zero-order valence-corrected chi connectivity index (χ0v) is 79.0. The van der Waals surface area contributed by atoms with Crippen molar-refractivity contribution in [2.75, 3.05) is 283 Å². The van der Waals surface area contributed by atoms with Crippen molar-refractivity contribution in [3.63, 3.8) is 0 Å². The molecule has 6 amide bonds. The van der Waals surface area contributed by atoms with Gasteiger partial charge >= 0.3 is 55.0 Å². The van der Waals surface area contributed by atoms with E-state index in [2.05, 4.69) is 55.8 Å². The summed E-state index contributed by atoms with van der Waals surface area (Å²) in [5, 5.41) is 21.9. The minimum absolute atomic E-state index is 0.00385. The van der Waals surface area contributed by atoms with Gasteiger partial charge in [0, 0.05) is 75.7 Å². The van der Waals surface area contributed by atoms with Crippen LogP contribution in [0.5, 0.6) is 0 Å². The summed E-state index contributed by atoms with van der Waals surface area (Å²) >= 11 is 1.85. The Morgan fingerprint density at radius 1 is 0.440 bits per heavy atom. The van der Waals surface area contributed by atoms with E-state index < -0.39 is 143 Å². The van der Waals surface area contributed by atoms with Crippen LogP contribution >= 0.6 is 11.8 Å². The van der Waals surface area contributed by atoms with Crippen molar-refractivity contribution in [2.45, 2.75) is 188 Å². The molecule has 1 aromatic rings. The number of thioether (sulfide) groups is 1. The van der Waals surface area contributed by atoms with Crippen molar-refractivity contribution in [3.05, 3.63) is 11.9 Å². The van der Waals surface area contributed by atoms with Gasteiger partial charge in [0.15, 0.2) is 18.0 Å². The maximum Gasteiger partial charge on any atom is 0.456 e. The van der Waals surface area contributed by atoms with E-state index in [1.807, 2.05) is 11.8 Å². The molecule has 3 heterocycles. The van der Waals surface area contributed by atoms with Crippen LogP contribution < -0.4 is 26.6 Å². The van der Waals surface area contributed by atoms with Crippen molar-refractivity contribution >= 4 is 53.0 Å². The summed E-state index contributed by atoms with van der Waals surface area (Å²) in [5.74, 6) is -10.5. The number of hydrogen-bond acceptors (Lipinski definition) is 32. The fraction of sp³-hybridized carbons (Fsp3) is 0.890. The largest absolute Gasteiger partial charge is 0.456 e. The Balaban J connectivity index is 1.21. The average Bonchev–Trinajstić information content (AvgIpc) is 1.73. The number of Topliss-reactive ketones (excluding diaryl/α,β-unsaturated/α-hetero) is 2. The zero-order chi connectivity index (χ0) is 104. The lowest BCUT2D eigenvalue weighted by atomic mass is 10.0. The Morgan fingerprint density at radius 3 is 1.23 bits per heavy atom. The molecule has 2 aliphatic rings. The Kier molecular flexibility index (Phi) is 67.4. The number of alkyl halides is 20. The molecule has 59 heteroatoms. The Hall–Kier alpha value is -6.30. The first-order valence-corrected chi connectivity index (χ1v) is 46.5. The summed E-state index contributed by atoms with van der Waals surface area (Å²) in [6, 6.07) is 0.223. The van der Waals surface area contributed by atoms with Crippen molar-refractivity contribution in [2.24, 2.45) is 0 Å². The van der Waals surface area contributed by atoms with Gasteiger partial charge in [0.05, 0.1) is 289 Å². The molecule has 824 valence electrons. The Bertz CT molecular complexity index is 3480. The number of ether oxygens (including phenoxy) is 22. The van der Waals surface area contributed by atoms with Crippen LogP contribution in [0.25, 0.3) is 0 Å². The third-order valence-electron chi connectivity index (χ3n) is 19.1. The molecule has 0 radical (unpaired) electrons. The second kappa shape index (κ2) is 73.7. The van der Waals surface area contributed by atoms with Gasteiger partial charge in [-0.05, 0) is 25.7 Å².